The highest BCUT2D eigenvalue weighted by molar-refractivity contribution is 5.93. The van der Waals surface area contributed by atoms with Crippen molar-refractivity contribution in [3.05, 3.63) is 0 Å². The third-order valence-corrected chi connectivity index (χ3v) is 3.54. The van der Waals surface area contributed by atoms with Gasteiger partial charge in [-0.05, 0) is 27.2 Å². The summed E-state index contributed by atoms with van der Waals surface area (Å²) in [4.78, 5) is 23.4. The van der Waals surface area contributed by atoms with Crippen molar-refractivity contribution in [1.82, 2.24) is 5.32 Å². The third kappa shape index (κ3) is 3.47. The molecule has 1 saturated carbocycles. The lowest BCUT2D eigenvalue weighted by Crippen LogP contribution is -2.60. The molecule has 0 aromatic rings. The summed E-state index contributed by atoms with van der Waals surface area (Å²) < 4.78 is 5.22. The first-order valence-corrected chi connectivity index (χ1v) is 6.72. The summed E-state index contributed by atoms with van der Waals surface area (Å²) in [7, 11) is 0. The number of hydrogen-bond acceptors (Lipinski definition) is 3. The predicted molar refractivity (Wildman–Crippen MR) is 70.4 cm³/mol. The number of nitrogens with one attached hydrogen (secondary N) is 1. The van der Waals surface area contributed by atoms with E-state index in [9.17, 15) is 9.59 Å². The number of carbonyl (C=O) groups is 2. The van der Waals surface area contributed by atoms with E-state index in [0.29, 0.717) is 6.42 Å². The van der Waals surface area contributed by atoms with E-state index < -0.39 is 17.1 Å². The number of alkyl carbamates (subject to hydrolysis) is 1. The Hall–Kier alpha value is -1.06. The van der Waals surface area contributed by atoms with Crippen LogP contribution in [0.3, 0.4) is 0 Å². The summed E-state index contributed by atoms with van der Waals surface area (Å²) in [5.41, 5.74) is -0.898. The molecule has 2 unspecified atom stereocenters. The Balaban J connectivity index is 2.52. The lowest BCUT2D eigenvalue weighted by molar-refractivity contribution is -0.141. The lowest BCUT2D eigenvalue weighted by Gasteiger charge is -2.45. The van der Waals surface area contributed by atoms with Gasteiger partial charge in [-0.1, -0.05) is 26.7 Å². The molecule has 4 nitrogen and oxygen atoms in total. The van der Waals surface area contributed by atoms with Gasteiger partial charge in [-0.2, -0.15) is 0 Å². The average molecular weight is 255 g/mol. The minimum Gasteiger partial charge on any atom is -0.444 e. The SMILES string of the molecule is CCCCC1(C)C(=O)CC1NC(=O)OC(C)(C)C. The van der Waals surface area contributed by atoms with E-state index in [0.717, 1.165) is 19.3 Å². The van der Waals surface area contributed by atoms with E-state index in [1.54, 1.807) is 0 Å². The molecular formula is C14H25NO3. The molecule has 0 aromatic heterocycles. The number of Topliss-reactive ketones (excluding diaryl/α,β-unsaturated/α-hetero) is 1. The molecule has 0 heterocycles. The van der Waals surface area contributed by atoms with Crippen LogP contribution in [-0.2, 0) is 9.53 Å². The summed E-state index contributed by atoms with van der Waals surface area (Å²) in [6, 6.07) is -0.0774. The second-order valence-electron chi connectivity index (χ2n) is 6.35. The summed E-state index contributed by atoms with van der Waals surface area (Å²) in [6.45, 7) is 9.53. The number of ketones is 1. The van der Waals surface area contributed by atoms with Gasteiger partial charge in [0.2, 0.25) is 0 Å². The van der Waals surface area contributed by atoms with Gasteiger partial charge in [0.25, 0.3) is 0 Å². The number of ether oxygens (including phenoxy) is 1. The van der Waals surface area contributed by atoms with Crippen molar-refractivity contribution in [2.75, 3.05) is 0 Å². The molecule has 0 saturated heterocycles. The monoisotopic (exact) mass is 255 g/mol. The molecule has 1 amide bonds. The highest BCUT2D eigenvalue weighted by Gasteiger charge is 2.51. The van der Waals surface area contributed by atoms with E-state index in [-0.39, 0.29) is 11.8 Å². The van der Waals surface area contributed by atoms with Crippen LogP contribution >= 0.6 is 0 Å². The van der Waals surface area contributed by atoms with Crippen molar-refractivity contribution in [3.8, 4) is 0 Å². The molecule has 0 aromatic carbocycles. The van der Waals surface area contributed by atoms with Gasteiger partial charge in [-0.25, -0.2) is 4.79 Å². The predicted octanol–water partition coefficient (Wildman–Crippen LogP) is 3.05. The molecule has 1 aliphatic carbocycles. The normalized spacial score (nSPS) is 27.6. The van der Waals surface area contributed by atoms with Crippen LogP contribution in [0.15, 0.2) is 0 Å². The Morgan fingerprint density at radius 1 is 1.50 bits per heavy atom. The topological polar surface area (TPSA) is 55.4 Å². The maximum Gasteiger partial charge on any atom is 0.407 e. The smallest absolute Gasteiger partial charge is 0.407 e. The molecule has 0 aliphatic heterocycles. The number of carbonyl (C=O) groups excluding carboxylic acids is 2. The number of amides is 1. The average Bonchev–Trinajstić information content (AvgIpc) is 2.22. The maximum atomic E-state index is 11.7. The molecule has 1 fully saturated rings. The largest absolute Gasteiger partial charge is 0.444 e. The molecule has 0 spiro atoms. The maximum absolute atomic E-state index is 11.7. The van der Waals surface area contributed by atoms with Crippen molar-refractivity contribution in [2.45, 2.75) is 71.9 Å². The van der Waals surface area contributed by atoms with Gasteiger partial charge in [0.15, 0.2) is 0 Å². The fourth-order valence-corrected chi connectivity index (χ4v) is 2.22. The third-order valence-electron chi connectivity index (χ3n) is 3.54. The lowest BCUT2D eigenvalue weighted by atomic mass is 9.62. The highest BCUT2D eigenvalue weighted by atomic mass is 16.6. The van der Waals surface area contributed by atoms with Crippen LogP contribution < -0.4 is 5.32 Å². The van der Waals surface area contributed by atoms with Crippen LogP contribution in [0.25, 0.3) is 0 Å². The summed E-state index contributed by atoms with van der Waals surface area (Å²) in [5, 5.41) is 2.82. The first-order valence-electron chi connectivity index (χ1n) is 6.72. The number of rotatable bonds is 4. The van der Waals surface area contributed by atoms with Crippen LogP contribution in [0, 0.1) is 5.41 Å². The first kappa shape index (κ1) is 15.0. The van der Waals surface area contributed by atoms with E-state index >= 15 is 0 Å². The van der Waals surface area contributed by atoms with Gasteiger partial charge < -0.3 is 10.1 Å². The molecule has 104 valence electrons. The molecule has 2 atom stereocenters. The van der Waals surface area contributed by atoms with E-state index in [2.05, 4.69) is 12.2 Å². The summed E-state index contributed by atoms with van der Waals surface area (Å²) in [5.74, 6) is 0.247. The first-order chi connectivity index (χ1) is 8.19. The van der Waals surface area contributed by atoms with Gasteiger partial charge in [0.1, 0.15) is 11.4 Å². The van der Waals surface area contributed by atoms with E-state index in [1.165, 1.54) is 0 Å². The molecule has 1 rings (SSSR count). The number of hydrogen-bond donors (Lipinski definition) is 1. The molecule has 18 heavy (non-hydrogen) atoms. The number of unbranched alkanes of at least 4 members (excludes halogenated alkanes) is 1. The fraction of sp³-hybridized carbons (Fsp3) is 0.857. The molecule has 0 bridgehead atoms. The molecule has 0 radical (unpaired) electrons. The van der Waals surface area contributed by atoms with Crippen LogP contribution in [0.2, 0.25) is 0 Å². The van der Waals surface area contributed by atoms with Gasteiger partial charge in [0.05, 0.1) is 6.04 Å². The minimum atomic E-state index is -0.502. The summed E-state index contributed by atoms with van der Waals surface area (Å²) in [6.07, 6.45) is 2.90. The molecule has 4 heteroatoms. The van der Waals surface area contributed by atoms with E-state index in [1.807, 2.05) is 27.7 Å². The van der Waals surface area contributed by atoms with Crippen LogP contribution in [0.5, 0.6) is 0 Å². The minimum absolute atomic E-state index is 0.0774. The fourth-order valence-electron chi connectivity index (χ4n) is 2.22. The molecule has 1 N–H and O–H groups in total. The Kier molecular flexibility index (Phi) is 4.41. The van der Waals surface area contributed by atoms with Crippen molar-refractivity contribution in [2.24, 2.45) is 5.41 Å². The zero-order valence-corrected chi connectivity index (χ0v) is 12.1. The highest BCUT2D eigenvalue weighted by Crippen LogP contribution is 2.41. The van der Waals surface area contributed by atoms with Gasteiger partial charge in [-0.15, -0.1) is 0 Å². The van der Waals surface area contributed by atoms with Gasteiger partial charge in [0, 0.05) is 11.8 Å². The Labute approximate surface area is 109 Å². The van der Waals surface area contributed by atoms with Gasteiger partial charge in [-0.3, -0.25) is 4.79 Å². The van der Waals surface area contributed by atoms with Crippen molar-refractivity contribution >= 4 is 11.9 Å². The van der Waals surface area contributed by atoms with Gasteiger partial charge >= 0.3 is 6.09 Å². The molecule has 1 aliphatic rings. The van der Waals surface area contributed by atoms with E-state index in [4.69, 9.17) is 4.74 Å². The quantitative estimate of drug-likeness (QED) is 0.840. The Morgan fingerprint density at radius 2 is 2.11 bits per heavy atom. The summed E-state index contributed by atoms with van der Waals surface area (Å²) >= 11 is 0. The zero-order chi connectivity index (χ0) is 14.0. The second kappa shape index (κ2) is 5.29. The zero-order valence-electron chi connectivity index (χ0n) is 12.1. The van der Waals surface area contributed by atoms with Crippen molar-refractivity contribution < 1.29 is 14.3 Å². The van der Waals surface area contributed by atoms with Crippen LogP contribution in [-0.4, -0.2) is 23.5 Å². The van der Waals surface area contributed by atoms with Crippen molar-refractivity contribution in [1.29, 1.82) is 0 Å². The van der Waals surface area contributed by atoms with Crippen LogP contribution in [0.1, 0.15) is 60.3 Å². The Morgan fingerprint density at radius 3 is 2.56 bits per heavy atom. The van der Waals surface area contributed by atoms with Crippen molar-refractivity contribution in [3.63, 3.8) is 0 Å². The molecular weight excluding hydrogens is 230 g/mol. The standard InChI is InChI=1S/C14H25NO3/c1-6-7-8-14(5)10(9-11(14)16)15-12(17)18-13(2,3)4/h10H,6-9H2,1-5H3,(H,15,17). The Bertz CT molecular complexity index is 332. The second-order valence-corrected chi connectivity index (χ2v) is 6.35. The van der Waals surface area contributed by atoms with Crippen LogP contribution in [0.4, 0.5) is 4.79 Å².